The molecule has 0 aliphatic heterocycles. The third-order valence-electron chi connectivity index (χ3n) is 3.77. The summed E-state index contributed by atoms with van der Waals surface area (Å²) in [4.78, 5) is 0. The Morgan fingerprint density at radius 2 is 1.26 bits per heavy atom. The van der Waals surface area contributed by atoms with Crippen LogP contribution in [0.2, 0.25) is 0 Å². The molecule has 0 aliphatic carbocycles. The molecule has 0 aromatic carbocycles. The number of rotatable bonds is 18. The summed E-state index contributed by atoms with van der Waals surface area (Å²) in [6.45, 7) is 5.94. The highest BCUT2D eigenvalue weighted by molar-refractivity contribution is 14.1. The smallest absolute Gasteiger partial charge is 0.157 e. The topological polar surface area (TPSA) is 18.5 Å². The SMILES string of the molecule is CCCOC(CCCCCCCCC/C=C/CCI)OCCC. The second-order valence-corrected chi connectivity index (χ2v) is 7.25. The number of unbranched alkanes of at least 4 members (excludes halogenated alkanes) is 7. The second-order valence-electron chi connectivity index (χ2n) is 6.17. The molecule has 0 heterocycles. The molecule has 0 aromatic rings. The van der Waals surface area contributed by atoms with Gasteiger partial charge in [-0.25, -0.2) is 0 Å². The maximum absolute atomic E-state index is 5.76. The van der Waals surface area contributed by atoms with Crippen LogP contribution < -0.4 is 0 Å². The lowest BCUT2D eigenvalue weighted by molar-refractivity contribution is -0.146. The van der Waals surface area contributed by atoms with Gasteiger partial charge in [0.2, 0.25) is 0 Å². The molecule has 0 saturated carbocycles. The van der Waals surface area contributed by atoms with Gasteiger partial charge in [0.1, 0.15) is 0 Å². The van der Waals surface area contributed by atoms with Crippen molar-refractivity contribution in [2.75, 3.05) is 17.6 Å². The fourth-order valence-electron chi connectivity index (χ4n) is 2.47. The van der Waals surface area contributed by atoms with Crippen molar-refractivity contribution in [3.8, 4) is 0 Å². The Kier molecular flexibility index (Phi) is 20.8. The highest BCUT2D eigenvalue weighted by Crippen LogP contribution is 2.13. The summed E-state index contributed by atoms with van der Waals surface area (Å²) in [5.41, 5.74) is 0. The van der Waals surface area contributed by atoms with Crippen molar-refractivity contribution in [3.63, 3.8) is 0 Å². The highest BCUT2D eigenvalue weighted by atomic mass is 127. The summed E-state index contributed by atoms with van der Waals surface area (Å²) < 4.78 is 12.8. The largest absolute Gasteiger partial charge is 0.353 e. The van der Waals surface area contributed by atoms with Crippen LogP contribution in [-0.4, -0.2) is 23.9 Å². The van der Waals surface area contributed by atoms with Crippen molar-refractivity contribution in [1.82, 2.24) is 0 Å². The number of alkyl halides is 1. The van der Waals surface area contributed by atoms with Crippen LogP contribution in [0.3, 0.4) is 0 Å². The minimum atomic E-state index is 0.0317. The summed E-state index contributed by atoms with van der Waals surface area (Å²) >= 11 is 2.43. The summed E-state index contributed by atoms with van der Waals surface area (Å²) in [7, 11) is 0. The van der Waals surface area contributed by atoms with E-state index >= 15 is 0 Å². The lowest BCUT2D eigenvalue weighted by Gasteiger charge is -2.18. The Morgan fingerprint density at radius 3 is 1.83 bits per heavy atom. The van der Waals surface area contributed by atoms with Crippen molar-refractivity contribution >= 4 is 22.6 Å². The standard InChI is InChI=1S/C20H39IO2/c1-3-18-22-20(23-19-4-2)16-14-12-10-8-6-5-7-9-11-13-15-17-21/h11,13,20H,3-10,12,14-19H2,1-2H3/b13-11+. The van der Waals surface area contributed by atoms with Gasteiger partial charge in [0, 0.05) is 17.6 Å². The van der Waals surface area contributed by atoms with E-state index in [2.05, 4.69) is 48.6 Å². The molecule has 3 heteroatoms. The van der Waals surface area contributed by atoms with Gasteiger partial charge in [-0.05, 0) is 44.9 Å². The van der Waals surface area contributed by atoms with Crippen molar-refractivity contribution in [3.05, 3.63) is 12.2 Å². The minimum Gasteiger partial charge on any atom is -0.353 e. The third kappa shape index (κ3) is 18.6. The normalized spacial score (nSPS) is 11.8. The Bertz CT molecular complexity index is 236. The van der Waals surface area contributed by atoms with Crippen molar-refractivity contribution in [1.29, 1.82) is 0 Å². The summed E-state index contributed by atoms with van der Waals surface area (Å²) in [6.07, 6.45) is 19.8. The van der Waals surface area contributed by atoms with Gasteiger partial charge in [-0.1, -0.05) is 80.7 Å². The predicted molar refractivity (Wildman–Crippen MR) is 110 cm³/mol. The third-order valence-corrected chi connectivity index (χ3v) is 4.39. The van der Waals surface area contributed by atoms with E-state index in [1.165, 1.54) is 62.2 Å². The molecule has 0 saturated heterocycles. The van der Waals surface area contributed by atoms with Crippen molar-refractivity contribution in [2.45, 2.75) is 97.2 Å². The van der Waals surface area contributed by atoms with E-state index in [4.69, 9.17) is 9.47 Å². The molecule has 0 amide bonds. The van der Waals surface area contributed by atoms with Crippen LogP contribution in [0.4, 0.5) is 0 Å². The molecule has 23 heavy (non-hydrogen) atoms. The predicted octanol–water partition coefficient (Wildman–Crippen LogP) is 7.06. The maximum atomic E-state index is 5.76. The molecule has 2 nitrogen and oxygen atoms in total. The average molecular weight is 438 g/mol. The Morgan fingerprint density at radius 1 is 0.739 bits per heavy atom. The van der Waals surface area contributed by atoms with E-state index in [1.807, 2.05) is 0 Å². The Balaban J connectivity index is 3.37. The first kappa shape index (κ1) is 23.4. The molecule has 138 valence electrons. The molecule has 0 fully saturated rings. The first-order chi connectivity index (χ1) is 11.3. The zero-order valence-corrected chi connectivity index (χ0v) is 17.7. The van der Waals surface area contributed by atoms with Crippen LogP contribution in [0.15, 0.2) is 12.2 Å². The zero-order valence-electron chi connectivity index (χ0n) is 15.5. The van der Waals surface area contributed by atoms with Gasteiger partial charge in [-0.3, -0.25) is 0 Å². The van der Waals surface area contributed by atoms with Crippen LogP contribution in [-0.2, 0) is 9.47 Å². The molecule has 0 N–H and O–H groups in total. The van der Waals surface area contributed by atoms with E-state index in [1.54, 1.807) is 0 Å². The fraction of sp³-hybridized carbons (Fsp3) is 0.900. The summed E-state index contributed by atoms with van der Waals surface area (Å²) in [5.74, 6) is 0. The maximum Gasteiger partial charge on any atom is 0.157 e. The fourth-order valence-corrected chi connectivity index (χ4v) is 2.83. The van der Waals surface area contributed by atoms with E-state index in [0.29, 0.717) is 0 Å². The molecule has 0 aliphatic rings. The van der Waals surface area contributed by atoms with Crippen LogP contribution in [0, 0.1) is 0 Å². The van der Waals surface area contributed by atoms with E-state index in [9.17, 15) is 0 Å². The van der Waals surface area contributed by atoms with Gasteiger partial charge < -0.3 is 9.47 Å². The molecule has 0 atom stereocenters. The van der Waals surface area contributed by atoms with Gasteiger partial charge >= 0.3 is 0 Å². The van der Waals surface area contributed by atoms with E-state index in [-0.39, 0.29) is 6.29 Å². The number of halogens is 1. The molecule has 0 spiro atoms. The summed E-state index contributed by atoms with van der Waals surface area (Å²) in [5, 5.41) is 0. The monoisotopic (exact) mass is 438 g/mol. The zero-order chi connectivity index (χ0) is 17.0. The minimum absolute atomic E-state index is 0.0317. The molecule has 0 radical (unpaired) electrons. The summed E-state index contributed by atoms with van der Waals surface area (Å²) in [6, 6.07) is 0. The van der Waals surface area contributed by atoms with Crippen LogP contribution >= 0.6 is 22.6 Å². The first-order valence-electron chi connectivity index (χ1n) is 9.79. The van der Waals surface area contributed by atoms with Crippen LogP contribution in [0.1, 0.15) is 90.9 Å². The van der Waals surface area contributed by atoms with Gasteiger partial charge in [0.05, 0.1) is 0 Å². The molecule has 0 rings (SSSR count). The van der Waals surface area contributed by atoms with Crippen LogP contribution in [0.25, 0.3) is 0 Å². The quantitative estimate of drug-likeness (QED) is 0.0750. The number of hydrogen-bond donors (Lipinski definition) is 0. The van der Waals surface area contributed by atoms with Gasteiger partial charge in [-0.15, -0.1) is 0 Å². The second kappa shape index (κ2) is 20.4. The Labute approximate surface area is 158 Å². The molecular weight excluding hydrogens is 399 g/mol. The Hall–Kier alpha value is 0.390. The number of ether oxygens (including phenoxy) is 2. The van der Waals surface area contributed by atoms with Crippen molar-refractivity contribution in [2.24, 2.45) is 0 Å². The van der Waals surface area contributed by atoms with Gasteiger partial charge in [0.25, 0.3) is 0 Å². The molecule has 0 bridgehead atoms. The lowest BCUT2D eigenvalue weighted by atomic mass is 10.1. The highest BCUT2D eigenvalue weighted by Gasteiger charge is 2.08. The number of allylic oxidation sites excluding steroid dienone is 2. The van der Waals surface area contributed by atoms with E-state index in [0.717, 1.165) is 32.5 Å². The molecule has 0 unspecified atom stereocenters. The van der Waals surface area contributed by atoms with E-state index < -0.39 is 0 Å². The van der Waals surface area contributed by atoms with Gasteiger partial charge in [0.15, 0.2) is 6.29 Å². The van der Waals surface area contributed by atoms with Crippen LogP contribution in [0.5, 0.6) is 0 Å². The first-order valence-corrected chi connectivity index (χ1v) is 11.3. The van der Waals surface area contributed by atoms with Gasteiger partial charge in [-0.2, -0.15) is 0 Å². The number of hydrogen-bond acceptors (Lipinski definition) is 2. The van der Waals surface area contributed by atoms with Crippen molar-refractivity contribution < 1.29 is 9.47 Å². The average Bonchev–Trinajstić information content (AvgIpc) is 2.57. The lowest BCUT2D eigenvalue weighted by Crippen LogP contribution is -2.18. The molecular formula is C20H39IO2. The molecule has 0 aromatic heterocycles.